The van der Waals surface area contributed by atoms with Crippen LogP contribution in [0.1, 0.15) is 38.7 Å². The van der Waals surface area contributed by atoms with Crippen LogP contribution in [0.4, 0.5) is 0 Å². The van der Waals surface area contributed by atoms with Gasteiger partial charge in [-0.15, -0.1) is 0 Å². The summed E-state index contributed by atoms with van der Waals surface area (Å²) in [6.07, 6.45) is 2.99. The predicted molar refractivity (Wildman–Crippen MR) is 86.9 cm³/mol. The lowest BCUT2D eigenvalue weighted by molar-refractivity contribution is -0.138. The molecule has 1 aromatic rings. The summed E-state index contributed by atoms with van der Waals surface area (Å²) in [6.45, 7) is 5.20. The van der Waals surface area contributed by atoms with Gasteiger partial charge in [0.25, 0.3) is 0 Å². The van der Waals surface area contributed by atoms with E-state index in [0.717, 1.165) is 18.6 Å². The van der Waals surface area contributed by atoms with Gasteiger partial charge in [-0.05, 0) is 43.9 Å². The molecular weight excluding hydrogens is 278 g/mol. The molecule has 0 aliphatic carbocycles. The number of aliphatic hydroxyl groups is 1. The third-order valence-electron chi connectivity index (χ3n) is 4.81. The van der Waals surface area contributed by atoms with E-state index in [0.29, 0.717) is 25.9 Å². The van der Waals surface area contributed by atoms with Gasteiger partial charge in [0.05, 0.1) is 12.7 Å². The zero-order valence-corrected chi connectivity index (χ0v) is 13.8. The normalized spacial score (nSPS) is 25.1. The minimum Gasteiger partial charge on any atom is -0.497 e. The summed E-state index contributed by atoms with van der Waals surface area (Å²) >= 11 is 0. The smallest absolute Gasteiger partial charge is 0.222 e. The van der Waals surface area contributed by atoms with Crippen molar-refractivity contribution in [1.29, 1.82) is 0 Å². The van der Waals surface area contributed by atoms with E-state index in [4.69, 9.17) is 4.74 Å². The molecule has 0 saturated carbocycles. The Morgan fingerprint density at radius 2 is 2.09 bits per heavy atom. The van der Waals surface area contributed by atoms with Gasteiger partial charge in [0.15, 0.2) is 0 Å². The Kier molecular flexibility index (Phi) is 5.46. The molecule has 22 heavy (non-hydrogen) atoms. The zero-order valence-electron chi connectivity index (χ0n) is 13.8. The first-order valence-electron chi connectivity index (χ1n) is 8.05. The number of carbonyl (C=O) groups is 1. The van der Waals surface area contributed by atoms with Crippen molar-refractivity contribution in [3.63, 3.8) is 0 Å². The average molecular weight is 305 g/mol. The monoisotopic (exact) mass is 305 g/mol. The fourth-order valence-electron chi connectivity index (χ4n) is 2.85. The summed E-state index contributed by atoms with van der Waals surface area (Å²) in [5.74, 6) is 1.19. The Balaban J connectivity index is 1.76. The molecule has 1 fully saturated rings. The largest absolute Gasteiger partial charge is 0.497 e. The Bertz CT molecular complexity index is 496. The number of aryl methyl sites for hydroxylation is 1. The number of benzene rings is 1. The van der Waals surface area contributed by atoms with E-state index in [2.05, 4.69) is 0 Å². The number of likely N-dealkylation sites (tertiary alicyclic amines) is 1. The summed E-state index contributed by atoms with van der Waals surface area (Å²) in [4.78, 5) is 14.2. The molecule has 1 saturated heterocycles. The van der Waals surface area contributed by atoms with Crippen LogP contribution in [0, 0.1) is 5.92 Å². The number of hydrogen-bond donors (Lipinski definition) is 1. The maximum Gasteiger partial charge on any atom is 0.222 e. The zero-order chi connectivity index (χ0) is 16.2. The predicted octanol–water partition coefficient (Wildman–Crippen LogP) is 2.64. The van der Waals surface area contributed by atoms with E-state index in [1.807, 2.05) is 43.0 Å². The van der Waals surface area contributed by atoms with Crippen LogP contribution in [0.5, 0.6) is 5.75 Å². The first-order chi connectivity index (χ1) is 10.4. The number of carbonyl (C=O) groups excluding carboxylic acids is 1. The van der Waals surface area contributed by atoms with Crippen LogP contribution in [0.2, 0.25) is 0 Å². The molecule has 0 radical (unpaired) electrons. The highest BCUT2D eigenvalue weighted by Gasteiger charge is 2.35. The van der Waals surface area contributed by atoms with Gasteiger partial charge in [-0.1, -0.05) is 19.1 Å². The molecule has 4 nitrogen and oxygen atoms in total. The maximum atomic E-state index is 12.3. The standard InChI is InChI=1S/C18H27NO3/c1-14-13-19(12-11-18(14,2)21)17(20)6-4-5-15-7-9-16(22-3)10-8-15/h7-10,14,21H,4-6,11-13H2,1-3H3/t14-,18+/m1/s1. The third kappa shape index (κ3) is 4.23. The van der Waals surface area contributed by atoms with Crippen LogP contribution < -0.4 is 4.74 Å². The number of ether oxygens (including phenoxy) is 1. The SMILES string of the molecule is COc1ccc(CCCC(=O)N2CC[C@](C)(O)[C@H](C)C2)cc1. The molecular formula is C18H27NO3. The van der Waals surface area contributed by atoms with E-state index < -0.39 is 5.60 Å². The van der Waals surface area contributed by atoms with Crippen molar-refractivity contribution in [1.82, 2.24) is 4.90 Å². The highest BCUT2D eigenvalue weighted by atomic mass is 16.5. The van der Waals surface area contributed by atoms with Gasteiger partial charge >= 0.3 is 0 Å². The molecule has 0 bridgehead atoms. The second kappa shape index (κ2) is 7.14. The highest BCUT2D eigenvalue weighted by molar-refractivity contribution is 5.76. The van der Waals surface area contributed by atoms with Crippen LogP contribution >= 0.6 is 0 Å². The molecule has 1 heterocycles. The number of hydrogen-bond acceptors (Lipinski definition) is 3. The fourth-order valence-corrected chi connectivity index (χ4v) is 2.85. The van der Waals surface area contributed by atoms with Crippen molar-refractivity contribution in [2.45, 2.75) is 45.1 Å². The van der Waals surface area contributed by atoms with Gasteiger partial charge in [-0.3, -0.25) is 4.79 Å². The molecule has 1 aliphatic rings. The molecule has 0 aromatic heterocycles. The van der Waals surface area contributed by atoms with Gasteiger partial charge in [0, 0.05) is 25.4 Å². The van der Waals surface area contributed by atoms with Crippen molar-refractivity contribution in [3.05, 3.63) is 29.8 Å². The summed E-state index contributed by atoms with van der Waals surface area (Å²) in [6, 6.07) is 7.99. The first-order valence-corrected chi connectivity index (χ1v) is 8.05. The van der Waals surface area contributed by atoms with Crippen molar-refractivity contribution in [2.75, 3.05) is 20.2 Å². The van der Waals surface area contributed by atoms with Crippen LogP contribution in [-0.2, 0) is 11.2 Å². The van der Waals surface area contributed by atoms with E-state index in [9.17, 15) is 9.90 Å². The lowest BCUT2D eigenvalue weighted by Crippen LogP contribution is -2.50. The van der Waals surface area contributed by atoms with Gasteiger partial charge < -0.3 is 14.7 Å². The van der Waals surface area contributed by atoms with Gasteiger partial charge in [0.1, 0.15) is 5.75 Å². The van der Waals surface area contributed by atoms with E-state index in [-0.39, 0.29) is 11.8 Å². The third-order valence-corrected chi connectivity index (χ3v) is 4.81. The maximum absolute atomic E-state index is 12.3. The Hall–Kier alpha value is -1.55. The van der Waals surface area contributed by atoms with Crippen molar-refractivity contribution in [3.8, 4) is 5.75 Å². The quantitative estimate of drug-likeness (QED) is 0.910. The fraction of sp³-hybridized carbons (Fsp3) is 0.611. The van der Waals surface area contributed by atoms with E-state index >= 15 is 0 Å². The Labute approximate surface area is 133 Å². The minimum absolute atomic E-state index is 0.131. The molecule has 1 aromatic carbocycles. The molecule has 122 valence electrons. The summed E-state index contributed by atoms with van der Waals surface area (Å²) in [5, 5.41) is 10.2. The number of rotatable bonds is 5. The van der Waals surface area contributed by atoms with Crippen LogP contribution in [0.25, 0.3) is 0 Å². The molecule has 1 aliphatic heterocycles. The number of methoxy groups -OCH3 is 1. The second-order valence-corrected chi connectivity index (χ2v) is 6.55. The summed E-state index contributed by atoms with van der Waals surface area (Å²) < 4.78 is 5.14. The minimum atomic E-state index is -0.639. The summed E-state index contributed by atoms with van der Waals surface area (Å²) in [7, 11) is 1.66. The van der Waals surface area contributed by atoms with Crippen molar-refractivity contribution < 1.29 is 14.6 Å². The van der Waals surface area contributed by atoms with Gasteiger partial charge in [-0.2, -0.15) is 0 Å². The molecule has 2 rings (SSSR count). The number of nitrogens with zero attached hydrogens (tertiary/aromatic N) is 1. The van der Waals surface area contributed by atoms with Crippen LogP contribution in [0.3, 0.4) is 0 Å². The Morgan fingerprint density at radius 1 is 1.41 bits per heavy atom. The van der Waals surface area contributed by atoms with Gasteiger partial charge in [0.2, 0.25) is 5.91 Å². The molecule has 4 heteroatoms. The van der Waals surface area contributed by atoms with E-state index in [1.54, 1.807) is 7.11 Å². The first kappa shape index (κ1) is 16.8. The number of piperidine rings is 1. The molecule has 2 atom stereocenters. The number of amides is 1. The van der Waals surface area contributed by atoms with E-state index in [1.165, 1.54) is 5.56 Å². The lowest BCUT2D eigenvalue weighted by atomic mass is 9.84. The van der Waals surface area contributed by atoms with Gasteiger partial charge in [-0.25, -0.2) is 0 Å². The molecule has 0 unspecified atom stereocenters. The topological polar surface area (TPSA) is 49.8 Å². The van der Waals surface area contributed by atoms with Crippen molar-refractivity contribution in [2.24, 2.45) is 5.92 Å². The van der Waals surface area contributed by atoms with Crippen molar-refractivity contribution >= 4 is 5.91 Å². The highest BCUT2D eigenvalue weighted by Crippen LogP contribution is 2.27. The summed E-state index contributed by atoms with van der Waals surface area (Å²) in [5.41, 5.74) is 0.586. The molecule has 1 N–H and O–H groups in total. The molecule has 0 spiro atoms. The molecule has 1 amide bonds. The average Bonchev–Trinajstić information content (AvgIpc) is 2.50. The van der Waals surface area contributed by atoms with Crippen LogP contribution in [0.15, 0.2) is 24.3 Å². The second-order valence-electron chi connectivity index (χ2n) is 6.55. The Morgan fingerprint density at radius 3 is 2.68 bits per heavy atom. The lowest BCUT2D eigenvalue weighted by Gasteiger charge is -2.41. The van der Waals surface area contributed by atoms with Crippen LogP contribution in [-0.4, -0.2) is 41.7 Å².